The highest BCUT2D eigenvalue weighted by atomic mass is 16.5. The summed E-state index contributed by atoms with van der Waals surface area (Å²) in [7, 11) is 2.68. The number of carbonyl (C=O) groups is 2. The van der Waals surface area contributed by atoms with Crippen molar-refractivity contribution in [2.75, 3.05) is 19.5 Å². The number of nitrogens with zero attached hydrogens (tertiary/aromatic N) is 3. The topological polar surface area (TPSA) is 94.8 Å². The Kier molecular flexibility index (Phi) is 5.13. The number of carbonyl (C=O) groups excluding carboxylic acids is 2. The molecule has 0 aliphatic heterocycles. The Morgan fingerprint density at radius 1 is 0.967 bits per heavy atom. The first-order valence-electron chi connectivity index (χ1n) is 9.07. The number of methoxy groups -OCH3 is 2. The molecular formula is C22H18N4O4. The molecule has 0 saturated carbocycles. The molecule has 2 aromatic heterocycles. The third-order valence-electron chi connectivity index (χ3n) is 4.60. The molecule has 150 valence electrons. The van der Waals surface area contributed by atoms with Crippen molar-refractivity contribution < 1.29 is 19.1 Å². The average Bonchev–Trinajstić information content (AvgIpc) is 3.17. The number of anilines is 2. The second-order valence-corrected chi connectivity index (χ2v) is 6.34. The van der Waals surface area contributed by atoms with Gasteiger partial charge in [-0.15, -0.1) is 0 Å². The summed E-state index contributed by atoms with van der Waals surface area (Å²) in [6.45, 7) is 0. The van der Waals surface area contributed by atoms with Crippen LogP contribution in [0.15, 0.2) is 67.1 Å². The van der Waals surface area contributed by atoms with Crippen molar-refractivity contribution in [1.29, 1.82) is 0 Å². The number of hydrogen-bond acceptors (Lipinski definition) is 7. The Balaban J connectivity index is 1.83. The van der Waals surface area contributed by atoms with E-state index in [2.05, 4.69) is 15.3 Å². The molecule has 2 aromatic carbocycles. The van der Waals surface area contributed by atoms with Gasteiger partial charge in [-0.3, -0.25) is 9.38 Å². The second-order valence-electron chi connectivity index (χ2n) is 6.34. The molecule has 8 heteroatoms. The lowest BCUT2D eigenvalue weighted by molar-refractivity contribution is 0.0592. The summed E-state index contributed by atoms with van der Waals surface area (Å²) >= 11 is 0. The monoisotopic (exact) mass is 402 g/mol. The van der Waals surface area contributed by atoms with Gasteiger partial charge in [0.05, 0.1) is 37.2 Å². The largest absolute Gasteiger partial charge is 0.465 e. The standard InChI is InChI=1S/C22H18N4O4/c1-29-21(27)15-9-7-14(8-10-15)19-20(26-12-11-23-13-18(26)25-19)24-17-6-4-3-5-16(17)22(28)30-2/h3-13,24H,1-2H3. The molecule has 30 heavy (non-hydrogen) atoms. The smallest absolute Gasteiger partial charge is 0.339 e. The minimum absolute atomic E-state index is 0.399. The predicted molar refractivity (Wildman–Crippen MR) is 111 cm³/mol. The van der Waals surface area contributed by atoms with E-state index in [0.717, 1.165) is 5.56 Å². The van der Waals surface area contributed by atoms with E-state index in [9.17, 15) is 9.59 Å². The number of ether oxygens (including phenoxy) is 2. The molecule has 8 nitrogen and oxygen atoms in total. The highest BCUT2D eigenvalue weighted by molar-refractivity contribution is 5.97. The molecule has 0 aliphatic carbocycles. The van der Waals surface area contributed by atoms with Gasteiger partial charge in [0.15, 0.2) is 5.65 Å². The van der Waals surface area contributed by atoms with Gasteiger partial charge in [-0.1, -0.05) is 24.3 Å². The van der Waals surface area contributed by atoms with Crippen LogP contribution in [-0.2, 0) is 9.47 Å². The van der Waals surface area contributed by atoms with Crippen molar-refractivity contribution in [2.24, 2.45) is 0 Å². The van der Waals surface area contributed by atoms with E-state index < -0.39 is 11.9 Å². The Labute approximate surface area is 172 Å². The molecule has 4 rings (SSSR count). The fourth-order valence-corrected chi connectivity index (χ4v) is 3.12. The van der Waals surface area contributed by atoms with Crippen molar-refractivity contribution >= 4 is 29.1 Å². The van der Waals surface area contributed by atoms with Gasteiger partial charge in [0.2, 0.25) is 0 Å². The van der Waals surface area contributed by atoms with Crippen LogP contribution in [0.25, 0.3) is 16.9 Å². The van der Waals surface area contributed by atoms with Gasteiger partial charge in [-0.2, -0.15) is 0 Å². The first-order chi connectivity index (χ1) is 14.6. The van der Waals surface area contributed by atoms with Crippen LogP contribution in [0.2, 0.25) is 0 Å². The van der Waals surface area contributed by atoms with Gasteiger partial charge in [-0.25, -0.2) is 14.6 Å². The minimum Gasteiger partial charge on any atom is -0.465 e. The molecule has 0 radical (unpaired) electrons. The number of fused-ring (bicyclic) bond motifs is 1. The molecule has 1 N–H and O–H groups in total. The van der Waals surface area contributed by atoms with Crippen LogP contribution in [0.3, 0.4) is 0 Å². The molecule has 0 atom stereocenters. The lowest BCUT2D eigenvalue weighted by Gasteiger charge is -2.12. The van der Waals surface area contributed by atoms with Crippen molar-refractivity contribution in [1.82, 2.24) is 14.4 Å². The zero-order chi connectivity index (χ0) is 21.1. The lowest BCUT2D eigenvalue weighted by atomic mass is 10.1. The highest BCUT2D eigenvalue weighted by Crippen LogP contribution is 2.32. The molecule has 0 amide bonds. The Morgan fingerprint density at radius 2 is 1.70 bits per heavy atom. The number of nitrogens with one attached hydrogen (secondary N) is 1. The van der Waals surface area contributed by atoms with Crippen LogP contribution in [0.1, 0.15) is 20.7 Å². The Bertz CT molecular complexity index is 1230. The number of rotatable bonds is 5. The van der Waals surface area contributed by atoms with E-state index in [1.54, 1.807) is 61.1 Å². The zero-order valence-corrected chi connectivity index (χ0v) is 16.3. The first-order valence-corrected chi connectivity index (χ1v) is 9.07. The number of imidazole rings is 1. The van der Waals surface area contributed by atoms with Crippen LogP contribution in [0.4, 0.5) is 11.5 Å². The average molecular weight is 402 g/mol. The molecule has 2 heterocycles. The molecule has 0 saturated heterocycles. The first kappa shape index (κ1) is 19.1. The van der Waals surface area contributed by atoms with Crippen molar-refractivity contribution in [3.05, 3.63) is 78.2 Å². The maximum absolute atomic E-state index is 12.2. The van der Waals surface area contributed by atoms with E-state index in [-0.39, 0.29) is 0 Å². The zero-order valence-electron chi connectivity index (χ0n) is 16.3. The van der Waals surface area contributed by atoms with E-state index in [1.165, 1.54) is 14.2 Å². The summed E-state index contributed by atoms with van der Waals surface area (Å²) in [5.74, 6) is -0.210. The number of hydrogen-bond donors (Lipinski definition) is 1. The predicted octanol–water partition coefficient (Wildman–Crippen LogP) is 3.71. The van der Waals surface area contributed by atoms with Crippen LogP contribution in [-0.4, -0.2) is 40.5 Å². The van der Waals surface area contributed by atoms with Crippen molar-refractivity contribution in [3.63, 3.8) is 0 Å². The van der Waals surface area contributed by atoms with E-state index in [1.807, 2.05) is 10.5 Å². The highest BCUT2D eigenvalue weighted by Gasteiger charge is 2.18. The van der Waals surface area contributed by atoms with E-state index >= 15 is 0 Å². The molecular weight excluding hydrogens is 384 g/mol. The Hall–Kier alpha value is -4.20. The summed E-state index contributed by atoms with van der Waals surface area (Å²) in [5.41, 5.74) is 3.47. The van der Waals surface area contributed by atoms with Crippen molar-refractivity contribution in [3.8, 4) is 11.3 Å². The SMILES string of the molecule is COC(=O)c1ccc(-c2nc3cnccn3c2Nc2ccccc2C(=O)OC)cc1. The van der Waals surface area contributed by atoms with Crippen LogP contribution in [0.5, 0.6) is 0 Å². The fourth-order valence-electron chi connectivity index (χ4n) is 3.12. The van der Waals surface area contributed by atoms with Crippen LogP contribution in [0, 0.1) is 0 Å². The van der Waals surface area contributed by atoms with Crippen molar-refractivity contribution in [2.45, 2.75) is 0 Å². The number of para-hydroxylation sites is 1. The summed E-state index contributed by atoms with van der Waals surface area (Å²) in [4.78, 5) is 32.7. The second kappa shape index (κ2) is 8.04. The molecule has 0 spiro atoms. The van der Waals surface area contributed by atoms with E-state index in [0.29, 0.717) is 34.0 Å². The number of aromatic nitrogens is 3. The molecule has 4 aromatic rings. The summed E-state index contributed by atoms with van der Waals surface area (Å²) in [6, 6.07) is 14.0. The summed E-state index contributed by atoms with van der Waals surface area (Å²) in [6.07, 6.45) is 5.07. The molecule has 0 aliphatic rings. The van der Waals surface area contributed by atoms with Gasteiger partial charge < -0.3 is 14.8 Å². The number of esters is 2. The van der Waals surface area contributed by atoms with Gasteiger partial charge in [0.1, 0.15) is 11.5 Å². The maximum Gasteiger partial charge on any atom is 0.339 e. The normalized spacial score (nSPS) is 10.6. The molecule has 0 bridgehead atoms. The third kappa shape index (κ3) is 3.46. The van der Waals surface area contributed by atoms with Crippen LogP contribution < -0.4 is 5.32 Å². The summed E-state index contributed by atoms with van der Waals surface area (Å²) < 4.78 is 11.5. The van der Waals surface area contributed by atoms with Gasteiger partial charge >= 0.3 is 11.9 Å². The lowest BCUT2D eigenvalue weighted by Crippen LogP contribution is -2.06. The van der Waals surface area contributed by atoms with Gasteiger partial charge in [-0.05, 0) is 24.3 Å². The van der Waals surface area contributed by atoms with Gasteiger partial charge in [0, 0.05) is 18.0 Å². The quantitative estimate of drug-likeness (QED) is 0.509. The Morgan fingerprint density at radius 3 is 2.43 bits per heavy atom. The maximum atomic E-state index is 12.2. The minimum atomic E-state index is -0.447. The van der Waals surface area contributed by atoms with Gasteiger partial charge in [0.25, 0.3) is 0 Å². The van der Waals surface area contributed by atoms with E-state index in [4.69, 9.17) is 9.47 Å². The third-order valence-corrected chi connectivity index (χ3v) is 4.60. The number of benzene rings is 2. The molecule has 0 fully saturated rings. The molecule has 0 unspecified atom stereocenters. The van der Waals surface area contributed by atoms with Crippen LogP contribution >= 0.6 is 0 Å². The summed E-state index contributed by atoms with van der Waals surface area (Å²) in [5, 5.41) is 3.31. The fraction of sp³-hybridized carbons (Fsp3) is 0.0909.